The summed E-state index contributed by atoms with van der Waals surface area (Å²) in [5.41, 5.74) is 1.39. The molecule has 6 nitrogen and oxygen atoms in total. The maximum Gasteiger partial charge on any atom is 0.261 e. The fourth-order valence-electron chi connectivity index (χ4n) is 3.75. The molecule has 0 unspecified atom stereocenters. The van der Waals surface area contributed by atoms with E-state index < -0.39 is 0 Å². The summed E-state index contributed by atoms with van der Waals surface area (Å²) < 4.78 is 7.52. The molecular formula is C24H21ClN2O4S. The lowest BCUT2D eigenvalue weighted by Crippen LogP contribution is -2.27. The summed E-state index contributed by atoms with van der Waals surface area (Å²) in [4.78, 5) is 39.8. The van der Waals surface area contributed by atoms with E-state index in [-0.39, 0.29) is 36.3 Å². The van der Waals surface area contributed by atoms with Gasteiger partial charge in [0, 0.05) is 36.0 Å². The lowest BCUT2D eigenvalue weighted by Gasteiger charge is -2.12. The summed E-state index contributed by atoms with van der Waals surface area (Å²) in [6.45, 7) is 0.316. The number of rotatable bonds is 8. The number of nitrogens with one attached hydrogen (secondary N) is 1. The number of methoxy groups -OCH3 is 1. The maximum absolute atomic E-state index is 13.7. The second-order valence-electron chi connectivity index (χ2n) is 7.19. The molecule has 32 heavy (non-hydrogen) atoms. The molecule has 1 amide bonds. The van der Waals surface area contributed by atoms with Crippen LogP contribution in [0.3, 0.4) is 0 Å². The number of para-hydroxylation sites is 1. The molecule has 4 aromatic rings. The molecular weight excluding hydrogens is 448 g/mol. The van der Waals surface area contributed by atoms with Crippen molar-refractivity contribution in [3.05, 3.63) is 81.0 Å². The van der Waals surface area contributed by atoms with Gasteiger partial charge in [-0.05, 0) is 6.07 Å². The van der Waals surface area contributed by atoms with Gasteiger partial charge in [-0.3, -0.25) is 19.0 Å². The molecule has 8 heteroatoms. The molecule has 1 N–H and O–H groups in total. The van der Waals surface area contributed by atoms with Gasteiger partial charge in [0.25, 0.3) is 11.5 Å². The van der Waals surface area contributed by atoms with Crippen LogP contribution in [0, 0.1) is 0 Å². The highest BCUT2D eigenvalue weighted by Gasteiger charge is 2.24. The van der Waals surface area contributed by atoms with E-state index >= 15 is 0 Å². The van der Waals surface area contributed by atoms with Crippen molar-refractivity contribution >= 4 is 55.6 Å². The van der Waals surface area contributed by atoms with Crippen LogP contribution in [0.15, 0.2) is 59.4 Å². The van der Waals surface area contributed by atoms with Gasteiger partial charge in [0.1, 0.15) is 0 Å². The van der Waals surface area contributed by atoms with Crippen LogP contribution in [0.4, 0.5) is 0 Å². The first kappa shape index (κ1) is 22.2. The zero-order valence-electron chi connectivity index (χ0n) is 17.4. The highest BCUT2D eigenvalue weighted by atomic mass is 35.5. The third-order valence-electron chi connectivity index (χ3n) is 5.18. The molecule has 4 rings (SSSR count). The zero-order valence-corrected chi connectivity index (χ0v) is 19.0. The summed E-state index contributed by atoms with van der Waals surface area (Å²) >= 11 is 6.97. The fraction of sp³-hybridized carbons (Fsp3) is 0.208. The predicted octanol–water partition coefficient (Wildman–Crippen LogP) is 4.21. The summed E-state index contributed by atoms with van der Waals surface area (Å²) in [6, 6.07) is 16.3. The second kappa shape index (κ2) is 9.65. The van der Waals surface area contributed by atoms with E-state index in [0.29, 0.717) is 38.2 Å². The number of Topliss-reactive ketones (excluding diaryl/α,β-unsaturated/α-hetero) is 1. The van der Waals surface area contributed by atoms with Gasteiger partial charge in [-0.25, -0.2) is 0 Å². The van der Waals surface area contributed by atoms with Gasteiger partial charge < -0.3 is 10.1 Å². The molecule has 2 aromatic carbocycles. The van der Waals surface area contributed by atoms with E-state index in [1.807, 2.05) is 30.3 Å². The Hall–Kier alpha value is -3.00. The second-order valence-corrected chi connectivity index (χ2v) is 8.59. The van der Waals surface area contributed by atoms with Gasteiger partial charge in [0.05, 0.1) is 33.6 Å². The number of nitrogens with zero attached hydrogens (tertiary/aromatic N) is 1. The van der Waals surface area contributed by atoms with E-state index in [1.165, 1.54) is 23.0 Å². The number of benzene rings is 2. The van der Waals surface area contributed by atoms with Gasteiger partial charge in [-0.2, -0.15) is 0 Å². The number of carbonyl (C=O) groups excluding carboxylic acids is 2. The molecule has 0 aliphatic carbocycles. The summed E-state index contributed by atoms with van der Waals surface area (Å²) in [5.74, 6) is -0.178. The minimum Gasteiger partial charge on any atom is -0.380 e. The Morgan fingerprint density at radius 2 is 1.81 bits per heavy atom. The largest absolute Gasteiger partial charge is 0.380 e. The Bertz CT molecular complexity index is 1360. The van der Waals surface area contributed by atoms with Gasteiger partial charge in [0.15, 0.2) is 5.78 Å². The number of amides is 1. The van der Waals surface area contributed by atoms with Crippen molar-refractivity contribution in [2.24, 2.45) is 0 Å². The highest BCUT2D eigenvalue weighted by molar-refractivity contribution is 7.22. The number of alkyl halides is 1. The van der Waals surface area contributed by atoms with Crippen LogP contribution < -0.4 is 10.9 Å². The number of thiophene rings is 1. The quantitative estimate of drug-likeness (QED) is 0.310. The SMILES string of the molecule is COCc1c(C(=O)NCCCl)sc2c1c(=O)n(CC(=O)c1ccccc1)c1ccccc21. The Labute approximate surface area is 193 Å². The minimum absolute atomic E-state index is 0.101. The van der Waals surface area contributed by atoms with Crippen LogP contribution in [-0.2, 0) is 17.9 Å². The molecule has 0 radical (unpaired) electrons. The minimum atomic E-state index is -0.317. The molecule has 0 fully saturated rings. The number of carbonyl (C=O) groups is 2. The molecule has 0 bridgehead atoms. The standard InChI is InChI=1S/C24H21ClN2O4S/c1-31-14-17-20-21(32-22(17)23(29)26-12-11-25)16-9-5-6-10-18(16)27(24(20)30)13-19(28)15-7-3-2-4-8-15/h2-10H,11-14H2,1H3,(H,26,29). The van der Waals surface area contributed by atoms with E-state index in [4.69, 9.17) is 16.3 Å². The Morgan fingerprint density at radius 1 is 1.09 bits per heavy atom. The average Bonchev–Trinajstić information content (AvgIpc) is 3.20. The van der Waals surface area contributed by atoms with Crippen LogP contribution >= 0.6 is 22.9 Å². The number of aromatic nitrogens is 1. The molecule has 0 saturated heterocycles. The Morgan fingerprint density at radius 3 is 2.53 bits per heavy atom. The lowest BCUT2D eigenvalue weighted by atomic mass is 10.1. The molecule has 0 saturated carbocycles. The van der Waals surface area contributed by atoms with Crippen molar-refractivity contribution < 1.29 is 14.3 Å². The number of pyridine rings is 1. The van der Waals surface area contributed by atoms with E-state index in [9.17, 15) is 14.4 Å². The number of hydrogen-bond acceptors (Lipinski definition) is 5. The summed E-state index contributed by atoms with van der Waals surface area (Å²) in [6.07, 6.45) is 0. The zero-order chi connectivity index (χ0) is 22.7. The van der Waals surface area contributed by atoms with Crippen LogP contribution in [0.2, 0.25) is 0 Å². The Kier molecular flexibility index (Phi) is 6.69. The number of fused-ring (bicyclic) bond motifs is 3. The predicted molar refractivity (Wildman–Crippen MR) is 128 cm³/mol. The molecule has 164 valence electrons. The first-order valence-electron chi connectivity index (χ1n) is 10.0. The van der Waals surface area contributed by atoms with E-state index in [0.717, 1.165) is 5.39 Å². The van der Waals surface area contributed by atoms with Crippen molar-refractivity contribution in [1.82, 2.24) is 9.88 Å². The third-order valence-corrected chi connectivity index (χ3v) is 6.63. The maximum atomic E-state index is 13.7. The van der Waals surface area contributed by atoms with Crippen molar-refractivity contribution in [1.29, 1.82) is 0 Å². The highest BCUT2D eigenvalue weighted by Crippen LogP contribution is 2.35. The normalized spacial score (nSPS) is 11.2. The average molecular weight is 469 g/mol. The van der Waals surface area contributed by atoms with Crippen molar-refractivity contribution in [2.75, 3.05) is 19.5 Å². The third kappa shape index (κ3) is 4.07. The van der Waals surface area contributed by atoms with Crippen LogP contribution in [-0.4, -0.2) is 35.8 Å². The topological polar surface area (TPSA) is 77.4 Å². The number of ketones is 1. The molecule has 0 aliphatic heterocycles. The van der Waals surface area contributed by atoms with E-state index in [2.05, 4.69) is 5.32 Å². The molecule has 0 aliphatic rings. The molecule has 0 atom stereocenters. The van der Waals surface area contributed by atoms with Gasteiger partial charge in [0.2, 0.25) is 0 Å². The molecule has 2 aromatic heterocycles. The lowest BCUT2D eigenvalue weighted by molar-refractivity contribution is 0.0952. The summed E-state index contributed by atoms with van der Waals surface area (Å²) in [7, 11) is 1.52. The van der Waals surface area contributed by atoms with Crippen LogP contribution in [0.1, 0.15) is 25.6 Å². The molecule has 2 heterocycles. The number of ether oxygens (including phenoxy) is 1. The van der Waals surface area contributed by atoms with Crippen molar-refractivity contribution in [3.8, 4) is 0 Å². The first-order valence-corrected chi connectivity index (χ1v) is 11.4. The van der Waals surface area contributed by atoms with Crippen LogP contribution in [0.25, 0.3) is 21.0 Å². The van der Waals surface area contributed by atoms with Gasteiger partial charge in [-0.15, -0.1) is 22.9 Å². The van der Waals surface area contributed by atoms with Crippen LogP contribution in [0.5, 0.6) is 0 Å². The number of hydrogen-bond donors (Lipinski definition) is 1. The Balaban J connectivity index is 1.95. The summed E-state index contributed by atoms with van der Waals surface area (Å²) in [5, 5.41) is 3.98. The molecule has 0 spiro atoms. The van der Waals surface area contributed by atoms with Gasteiger partial charge in [-0.1, -0.05) is 48.5 Å². The van der Waals surface area contributed by atoms with Gasteiger partial charge >= 0.3 is 0 Å². The van der Waals surface area contributed by atoms with E-state index in [1.54, 1.807) is 24.3 Å². The van der Waals surface area contributed by atoms with Crippen molar-refractivity contribution in [3.63, 3.8) is 0 Å². The number of halogens is 1. The fourth-order valence-corrected chi connectivity index (χ4v) is 5.09. The smallest absolute Gasteiger partial charge is 0.261 e. The first-order chi connectivity index (χ1) is 15.6. The van der Waals surface area contributed by atoms with Crippen molar-refractivity contribution in [2.45, 2.75) is 13.2 Å². The monoisotopic (exact) mass is 468 g/mol.